The smallest absolute Gasteiger partial charge is 0.162 e. The first-order valence-electron chi connectivity index (χ1n) is 5.42. The highest BCUT2D eigenvalue weighted by molar-refractivity contribution is 7.26. The lowest BCUT2D eigenvalue weighted by atomic mass is 9.86. The summed E-state index contributed by atoms with van der Waals surface area (Å²) >= 11 is 6.49. The molecular weight excluding hydrogens is 220 g/mol. The molecule has 0 unspecified atom stereocenters. The number of aryl methyl sites for hydroxylation is 1. The van der Waals surface area contributed by atoms with Crippen molar-refractivity contribution in [2.75, 3.05) is 0 Å². The quantitative estimate of drug-likeness (QED) is 0.515. The van der Waals surface area contributed by atoms with Gasteiger partial charge in [0.2, 0.25) is 0 Å². The number of hydrogen-bond acceptors (Lipinski definition) is 0. The van der Waals surface area contributed by atoms with Gasteiger partial charge in [-0.25, -0.2) is 0 Å². The topological polar surface area (TPSA) is 0 Å². The van der Waals surface area contributed by atoms with Gasteiger partial charge in [0.05, 0.1) is 0 Å². The van der Waals surface area contributed by atoms with Crippen LogP contribution in [0.3, 0.4) is 0 Å². The summed E-state index contributed by atoms with van der Waals surface area (Å²) in [5.74, 6) is 0. The fraction of sp³-hybridized carbons (Fsp3) is 0.538. The lowest BCUT2D eigenvalue weighted by Gasteiger charge is -2.23. The predicted molar refractivity (Wildman–Crippen MR) is 72.8 cm³/mol. The van der Waals surface area contributed by atoms with E-state index in [0.29, 0.717) is 0 Å². The maximum Gasteiger partial charge on any atom is 0.180 e. The van der Waals surface area contributed by atoms with E-state index in [1.54, 1.807) is 0 Å². The number of benzene rings is 1. The maximum atomic E-state index is 6.49. The van der Waals surface area contributed by atoms with Crippen molar-refractivity contribution >= 4 is 23.6 Å². The van der Waals surface area contributed by atoms with Gasteiger partial charge in [-0.1, -0.05) is 57.6 Å². The van der Waals surface area contributed by atoms with E-state index < -0.39 is 7.38 Å². The van der Waals surface area contributed by atoms with Gasteiger partial charge >= 0.3 is 0 Å². The van der Waals surface area contributed by atoms with Crippen LogP contribution in [-0.4, -0.2) is 7.38 Å². The summed E-state index contributed by atoms with van der Waals surface area (Å²) < 4.78 is 0. The molecule has 1 rings (SSSR count). The van der Waals surface area contributed by atoms with E-state index in [2.05, 4.69) is 59.0 Å². The van der Waals surface area contributed by atoms with Gasteiger partial charge < -0.3 is 0 Å². The first kappa shape index (κ1) is 12.8. The molecule has 0 aliphatic heterocycles. The van der Waals surface area contributed by atoms with Crippen LogP contribution in [0.1, 0.15) is 31.9 Å². The van der Waals surface area contributed by atoms with Gasteiger partial charge in [0.15, 0.2) is 7.38 Å². The van der Waals surface area contributed by atoms with E-state index in [0.717, 1.165) is 0 Å². The van der Waals surface area contributed by atoms with E-state index in [-0.39, 0.29) is 5.41 Å². The van der Waals surface area contributed by atoms with Gasteiger partial charge in [-0.15, -0.1) is 0 Å². The van der Waals surface area contributed by atoms with Gasteiger partial charge in [0, 0.05) is 0 Å². The highest BCUT2D eigenvalue weighted by atomic mass is 35.6. The van der Waals surface area contributed by atoms with E-state index in [1.165, 1.54) is 16.3 Å². The van der Waals surface area contributed by atoms with Crippen LogP contribution < -0.4 is 5.19 Å². The molecule has 2 heteroatoms. The standard InChI is InChI=1S/C13H21ClSi/c1-10-7-11(13(2,3)4)9-12(8-10)15(5,6)14/h7-9H,1-6H3. The zero-order valence-corrected chi connectivity index (χ0v) is 12.4. The molecule has 0 atom stereocenters. The van der Waals surface area contributed by atoms with Crippen molar-refractivity contribution in [3.8, 4) is 0 Å². The van der Waals surface area contributed by atoms with Crippen molar-refractivity contribution in [2.45, 2.75) is 46.2 Å². The molecule has 15 heavy (non-hydrogen) atoms. The third-order valence-electron chi connectivity index (χ3n) is 2.63. The summed E-state index contributed by atoms with van der Waals surface area (Å²) in [7, 11) is -1.70. The van der Waals surface area contributed by atoms with Crippen molar-refractivity contribution < 1.29 is 0 Å². The van der Waals surface area contributed by atoms with E-state index in [4.69, 9.17) is 11.1 Å². The normalized spacial score (nSPS) is 13.0. The van der Waals surface area contributed by atoms with Crippen LogP contribution >= 0.6 is 11.1 Å². The molecule has 0 N–H and O–H groups in total. The van der Waals surface area contributed by atoms with Gasteiger partial charge in [0.1, 0.15) is 0 Å². The fourth-order valence-electron chi connectivity index (χ4n) is 1.56. The van der Waals surface area contributed by atoms with Crippen molar-refractivity contribution in [1.82, 2.24) is 0 Å². The molecule has 0 aliphatic carbocycles. The summed E-state index contributed by atoms with van der Waals surface area (Å²) in [6.07, 6.45) is 0. The second-order valence-electron chi connectivity index (χ2n) is 5.81. The molecule has 0 saturated carbocycles. The summed E-state index contributed by atoms with van der Waals surface area (Å²) in [5.41, 5.74) is 2.91. The maximum absolute atomic E-state index is 6.49. The Labute approximate surface area is 99.4 Å². The van der Waals surface area contributed by atoms with Gasteiger partial charge in [-0.3, -0.25) is 0 Å². The van der Waals surface area contributed by atoms with Crippen LogP contribution in [0.15, 0.2) is 18.2 Å². The molecule has 0 heterocycles. The number of halogens is 1. The SMILES string of the molecule is Cc1cc(C(C)(C)C)cc([Si](C)(C)Cl)c1. The largest absolute Gasteiger partial charge is 0.180 e. The molecule has 0 aromatic heterocycles. The van der Waals surface area contributed by atoms with Crippen LogP contribution in [0, 0.1) is 6.92 Å². The third kappa shape index (κ3) is 3.35. The number of rotatable bonds is 1. The Bertz CT molecular complexity index is 324. The monoisotopic (exact) mass is 240 g/mol. The molecule has 0 aliphatic rings. The van der Waals surface area contributed by atoms with Gasteiger partial charge in [-0.2, -0.15) is 11.1 Å². The summed E-state index contributed by atoms with van der Waals surface area (Å²) in [6.45, 7) is 13.2. The molecule has 0 amide bonds. The van der Waals surface area contributed by atoms with Gasteiger partial charge in [0.25, 0.3) is 0 Å². The van der Waals surface area contributed by atoms with E-state index >= 15 is 0 Å². The molecule has 84 valence electrons. The average Bonchev–Trinajstić information content (AvgIpc) is 1.99. The second kappa shape index (κ2) is 3.95. The molecule has 0 bridgehead atoms. The van der Waals surface area contributed by atoms with E-state index in [1.807, 2.05) is 0 Å². The average molecular weight is 241 g/mol. The van der Waals surface area contributed by atoms with Crippen molar-refractivity contribution in [1.29, 1.82) is 0 Å². The highest BCUT2D eigenvalue weighted by Gasteiger charge is 2.23. The second-order valence-corrected chi connectivity index (χ2v) is 12.2. The molecule has 0 spiro atoms. The Morgan fingerprint density at radius 1 is 1.07 bits per heavy atom. The van der Waals surface area contributed by atoms with Crippen molar-refractivity contribution in [3.05, 3.63) is 29.3 Å². The Morgan fingerprint density at radius 2 is 1.60 bits per heavy atom. The Kier molecular flexibility index (Phi) is 3.37. The number of hydrogen-bond donors (Lipinski definition) is 0. The molecule has 0 radical (unpaired) electrons. The summed E-state index contributed by atoms with van der Waals surface area (Å²) in [6, 6.07) is 6.78. The van der Waals surface area contributed by atoms with Crippen molar-refractivity contribution in [2.24, 2.45) is 0 Å². The summed E-state index contributed by atoms with van der Waals surface area (Å²) in [5, 5.41) is 1.34. The minimum Gasteiger partial charge on any atom is -0.162 e. The van der Waals surface area contributed by atoms with Gasteiger partial charge in [-0.05, 0) is 23.1 Å². The zero-order valence-electron chi connectivity index (χ0n) is 10.6. The first-order valence-corrected chi connectivity index (χ1v) is 9.43. The summed E-state index contributed by atoms with van der Waals surface area (Å²) in [4.78, 5) is 0. The lowest BCUT2D eigenvalue weighted by molar-refractivity contribution is 0.590. The molecule has 0 nitrogen and oxygen atoms in total. The van der Waals surface area contributed by atoms with Crippen LogP contribution in [0.4, 0.5) is 0 Å². The van der Waals surface area contributed by atoms with E-state index in [9.17, 15) is 0 Å². The molecule has 0 saturated heterocycles. The highest BCUT2D eigenvalue weighted by Crippen LogP contribution is 2.23. The minimum absolute atomic E-state index is 0.206. The predicted octanol–water partition coefficient (Wildman–Crippen LogP) is 3.94. The molecular formula is C13H21ClSi. The van der Waals surface area contributed by atoms with Crippen LogP contribution in [-0.2, 0) is 5.41 Å². The Hall–Kier alpha value is -0.273. The van der Waals surface area contributed by atoms with Crippen LogP contribution in [0.2, 0.25) is 13.1 Å². The Balaban J connectivity index is 3.30. The molecule has 0 fully saturated rings. The Morgan fingerprint density at radius 3 is 2.00 bits per heavy atom. The van der Waals surface area contributed by atoms with Crippen LogP contribution in [0.25, 0.3) is 0 Å². The minimum atomic E-state index is -1.70. The molecule has 1 aromatic rings. The fourth-order valence-corrected chi connectivity index (χ4v) is 2.96. The third-order valence-corrected chi connectivity index (χ3v) is 4.95. The molecule has 1 aromatic carbocycles. The lowest BCUT2D eigenvalue weighted by Crippen LogP contribution is -2.36. The zero-order chi connectivity index (χ0) is 11.9. The van der Waals surface area contributed by atoms with Crippen molar-refractivity contribution in [3.63, 3.8) is 0 Å². The van der Waals surface area contributed by atoms with Crippen LogP contribution in [0.5, 0.6) is 0 Å². The first-order chi connectivity index (χ1) is 6.60.